The first-order valence-corrected chi connectivity index (χ1v) is 6.68. The van der Waals surface area contributed by atoms with Crippen molar-refractivity contribution in [2.45, 2.75) is 26.5 Å². The Hall–Kier alpha value is -2.38. The molecule has 2 N–H and O–H groups in total. The van der Waals surface area contributed by atoms with Crippen LogP contribution in [0.2, 0.25) is 0 Å². The lowest BCUT2D eigenvalue weighted by atomic mass is 10.1. The van der Waals surface area contributed by atoms with Crippen LogP contribution in [0.15, 0.2) is 36.4 Å². The van der Waals surface area contributed by atoms with Crippen LogP contribution in [0.25, 0.3) is 0 Å². The zero-order valence-corrected chi connectivity index (χ0v) is 12.1. The van der Waals surface area contributed by atoms with Gasteiger partial charge in [-0.2, -0.15) is 5.26 Å². The van der Waals surface area contributed by atoms with Crippen LogP contribution in [0.1, 0.15) is 35.2 Å². The Bertz CT molecular complexity index is 690. The van der Waals surface area contributed by atoms with E-state index in [9.17, 15) is 4.39 Å². The van der Waals surface area contributed by atoms with Crippen molar-refractivity contribution in [2.24, 2.45) is 5.73 Å². The highest BCUT2D eigenvalue weighted by Crippen LogP contribution is 2.26. The van der Waals surface area contributed by atoms with E-state index in [0.717, 1.165) is 11.1 Å². The number of benzene rings is 2. The molecule has 2 aromatic carbocycles. The molecule has 0 aliphatic rings. The molecule has 0 aliphatic carbocycles. The Labute approximate surface area is 123 Å². The van der Waals surface area contributed by atoms with Gasteiger partial charge in [0, 0.05) is 11.6 Å². The largest absolute Gasteiger partial charge is 0.489 e. The number of halogens is 1. The summed E-state index contributed by atoms with van der Waals surface area (Å²) in [5, 5.41) is 8.85. The number of nitrogens with two attached hydrogens (primary N) is 1. The van der Waals surface area contributed by atoms with Crippen molar-refractivity contribution in [1.82, 2.24) is 0 Å². The molecule has 0 aromatic heterocycles. The summed E-state index contributed by atoms with van der Waals surface area (Å²) in [4.78, 5) is 0. The smallest absolute Gasteiger partial charge is 0.124 e. The van der Waals surface area contributed by atoms with Gasteiger partial charge in [0.2, 0.25) is 0 Å². The lowest BCUT2D eigenvalue weighted by Crippen LogP contribution is -2.08. The predicted molar refractivity (Wildman–Crippen MR) is 79.2 cm³/mol. The van der Waals surface area contributed by atoms with Crippen LogP contribution in [0.3, 0.4) is 0 Å². The van der Waals surface area contributed by atoms with Gasteiger partial charge in [-0.25, -0.2) is 4.39 Å². The maximum atomic E-state index is 13.4. The standard InChI is InChI=1S/C17H17FN2O/c1-11-3-4-17(16(5-11)12(2)20)21-10-14-6-13(9-19)7-15(18)8-14/h3-8,12H,10,20H2,1-2H3/t12-/m1/s1. The molecule has 2 aromatic rings. The second kappa shape index (κ2) is 6.38. The third-order valence-corrected chi connectivity index (χ3v) is 3.14. The van der Waals surface area contributed by atoms with Crippen LogP contribution in [0, 0.1) is 24.1 Å². The molecule has 21 heavy (non-hydrogen) atoms. The van der Waals surface area contributed by atoms with Crippen LogP contribution in [-0.4, -0.2) is 0 Å². The maximum absolute atomic E-state index is 13.4. The number of aryl methyl sites for hydroxylation is 1. The van der Waals surface area contributed by atoms with E-state index in [4.69, 9.17) is 15.7 Å². The summed E-state index contributed by atoms with van der Waals surface area (Å²) in [6.45, 7) is 4.06. The minimum atomic E-state index is -0.441. The average molecular weight is 284 g/mol. The van der Waals surface area contributed by atoms with Crippen molar-refractivity contribution in [3.8, 4) is 11.8 Å². The summed E-state index contributed by atoms with van der Waals surface area (Å²) in [6.07, 6.45) is 0. The predicted octanol–water partition coefficient (Wildman–Crippen LogP) is 3.60. The fourth-order valence-corrected chi connectivity index (χ4v) is 2.11. The van der Waals surface area contributed by atoms with Crippen LogP contribution >= 0.6 is 0 Å². The average Bonchev–Trinajstić information content (AvgIpc) is 2.45. The molecule has 0 heterocycles. The zero-order valence-electron chi connectivity index (χ0n) is 12.1. The van der Waals surface area contributed by atoms with E-state index in [1.54, 1.807) is 6.07 Å². The van der Waals surface area contributed by atoms with E-state index in [1.165, 1.54) is 12.1 Å². The first-order chi connectivity index (χ1) is 9.99. The van der Waals surface area contributed by atoms with Crippen molar-refractivity contribution in [3.63, 3.8) is 0 Å². The van der Waals surface area contributed by atoms with Gasteiger partial charge in [-0.3, -0.25) is 0 Å². The SMILES string of the molecule is Cc1ccc(OCc2cc(F)cc(C#N)c2)c([C@@H](C)N)c1. The number of hydrogen-bond donors (Lipinski definition) is 1. The van der Waals surface area contributed by atoms with E-state index in [1.807, 2.05) is 38.1 Å². The van der Waals surface area contributed by atoms with Gasteiger partial charge in [-0.05, 0) is 43.7 Å². The number of rotatable bonds is 4. The molecular weight excluding hydrogens is 267 g/mol. The van der Waals surface area contributed by atoms with Crippen LogP contribution < -0.4 is 10.5 Å². The number of nitriles is 1. The van der Waals surface area contributed by atoms with Crippen LogP contribution in [0.5, 0.6) is 5.75 Å². The molecule has 0 unspecified atom stereocenters. The van der Waals surface area contributed by atoms with Gasteiger partial charge in [0.25, 0.3) is 0 Å². The topological polar surface area (TPSA) is 59.0 Å². The van der Waals surface area contributed by atoms with E-state index in [-0.39, 0.29) is 18.2 Å². The third kappa shape index (κ3) is 3.80. The fourth-order valence-electron chi connectivity index (χ4n) is 2.11. The molecule has 0 aliphatic heterocycles. The van der Waals surface area contributed by atoms with Gasteiger partial charge >= 0.3 is 0 Å². The van der Waals surface area contributed by atoms with Crippen molar-refractivity contribution >= 4 is 0 Å². The molecule has 0 amide bonds. The second-order valence-corrected chi connectivity index (χ2v) is 5.08. The van der Waals surface area contributed by atoms with E-state index < -0.39 is 5.82 Å². The van der Waals surface area contributed by atoms with Gasteiger partial charge in [0.1, 0.15) is 18.2 Å². The summed E-state index contributed by atoms with van der Waals surface area (Å²) in [5.41, 5.74) is 8.85. The summed E-state index contributed by atoms with van der Waals surface area (Å²) < 4.78 is 19.1. The molecule has 4 heteroatoms. The molecular formula is C17H17FN2O. The van der Waals surface area contributed by atoms with E-state index >= 15 is 0 Å². The lowest BCUT2D eigenvalue weighted by molar-refractivity contribution is 0.301. The Kier molecular flexibility index (Phi) is 4.56. The Morgan fingerprint density at radius 2 is 2.05 bits per heavy atom. The molecule has 0 saturated heterocycles. The van der Waals surface area contributed by atoms with Crippen LogP contribution in [-0.2, 0) is 6.61 Å². The van der Waals surface area contributed by atoms with Gasteiger partial charge in [0.05, 0.1) is 11.6 Å². The quantitative estimate of drug-likeness (QED) is 0.933. The third-order valence-electron chi connectivity index (χ3n) is 3.14. The fraction of sp³-hybridized carbons (Fsp3) is 0.235. The first kappa shape index (κ1) is 15.0. The highest BCUT2D eigenvalue weighted by Gasteiger charge is 2.09. The Morgan fingerprint density at radius 1 is 1.29 bits per heavy atom. The normalized spacial score (nSPS) is 11.8. The molecule has 0 saturated carbocycles. The summed E-state index contributed by atoms with van der Waals surface area (Å²) in [6, 6.07) is 11.7. The summed E-state index contributed by atoms with van der Waals surface area (Å²) in [5.74, 6) is 0.238. The summed E-state index contributed by atoms with van der Waals surface area (Å²) >= 11 is 0. The minimum Gasteiger partial charge on any atom is -0.489 e. The lowest BCUT2D eigenvalue weighted by Gasteiger charge is -2.15. The second-order valence-electron chi connectivity index (χ2n) is 5.08. The molecule has 0 fully saturated rings. The zero-order chi connectivity index (χ0) is 15.4. The van der Waals surface area contributed by atoms with Crippen molar-refractivity contribution in [1.29, 1.82) is 5.26 Å². The Morgan fingerprint density at radius 3 is 2.71 bits per heavy atom. The monoisotopic (exact) mass is 284 g/mol. The van der Waals surface area contributed by atoms with Crippen molar-refractivity contribution in [2.75, 3.05) is 0 Å². The molecule has 2 rings (SSSR count). The minimum absolute atomic E-state index is 0.151. The van der Waals surface area contributed by atoms with E-state index in [0.29, 0.717) is 11.3 Å². The highest BCUT2D eigenvalue weighted by molar-refractivity contribution is 5.39. The van der Waals surface area contributed by atoms with Gasteiger partial charge in [0.15, 0.2) is 0 Å². The van der Waals surface area contributed by atoms with Gasteiger partial charge in [-0.15, -0.1) is 0 Å². The molecule has 1 atom stereocenters. The molecule has 3 nitrogen and oxygen atoms in total. The number of nitrogens with zero attached hydrogens (tertiary/aromatic N) is 1. The van der Waals surface area contributed by atoms with E-state index in [2.05, 4.69) is 0 Å². The molecule has 0 radical (unpaired) electrons. The highest BCUT2D eigenvalue weighted by atomic mass is 19.1. The van der Waals surface area contributed by atoms with Gasteiger partial charge in [-0.1, -0.05) is 17.7 Å². The molecule has 0 bridgehead atoms. The van der Waals surface area contributed by atoms with Crippen molar-refractivity contribution in [3.05, 3.63) is 64.5 Å². The maximum Gasteiger partial charge on any atom is 0.124 e. The molecule has 0 spiro atoms. The molecule has 108 valence electrons. The number of hydrogen-bond acceptors (Lipinski definition) is 3. The number of ether oxygens (including phenoxy) is 1. The van der Waals surface area contributed by atoms with Gasteiger partial charge < -0.3 is 10.5 Å². The van der Waals surface area contributed by atoms with Crippen LogP contribution in [0.4, 0.5) is 4.39 Å². The Balaban J connectivity index is 2.21. The van der Waals surface area contributed by atoms with Crippen molar-refractivity contribution < 1.29 is 9.13 Å². The summed E-state index contributed by atoms with van der Waals surface area (Å²) in [7, 11) is 0. The first-order valence-electron chi connectivity index (χ1n) is 6.68.